The molecule has 0 fully saturated rings. The van der Waals surface area contributed by atoms with E-state index >= 15 is 0 Å². The molecule has 0 saturated heterocycles. The molecule has 0 saturated carbocycles. The molecule has 0 aliphatic carbocycles. The molecule has 7 nitrogen and oxygen atoms in total. The number of hydrogen-bond donors (Lipinski definition) is 1. The van der Waals surface area contributed by atoms with Crippen LogP contribution in [0.15, 0.2) is 12.4 Å². The van der Waals surface area contributed by atoms with Crippen LogP contribution in [0, 0.1) is 0 Å². The predicted molar refractivity (Wildman–Crippen MR) is 81.2 cm³/mol. The molecule has 1 unspecified atom stereocenters. The maximum absolute atomic E-state index is 12.1. The van der Waals surface area contributed by atoms with Crippen LogP contribution >= 0.6 is 0 Å². The summed E-state index contributed by atoms with van der Waals surface area (Å²) in [5, 5.41) is 15.7. The summed E-state index contributed by atoms with van der Waals surface area (Å²) in [6.07, 6.45) is 7.66. The first-order chi connectivity index (χ1) is 10.7. The van der Waals surface area contributed by atoms with Crippen molar-refractivity contribution in [2.45, 2.75) is 51.6 Å². The van der Waals surface area contributed by atoms with Gasteiger partial charge in [-0.1, -0.05) is 6.92 Å². The minimum absolute atomic E-state index is 0.100. The molecular formula is C15H22N6O. The van der Waals surface area contributed by atoms with E-state index in [0.29, 0.717) is 6.42 Å². The molecule has 3 rings (SSSR count). The number of aromatic nitrogens is 5. The molecule has 0 bridgehead atoms. The number of amides is 1. The van der Waals surface area contributed by atoms with Crippen molar-refractivity contribution in [2.75, 3.05) is 0 Å². The molecule has 1 aliphatic rings. The second-order valence-electron chi connectivity index (χ2n) is 5.82. The van der Waals surface area contributed by atoms with Crippen molar-refractivity contribution in [3.05, 3.63) is 29.6 Å². The third-order valence-corrected chi connectivity index (χ3v) is 4.10. The largest absolute Gasteiger partial charge is 0.352 e. The number of nitrogens with zero attached hydrogens (tertiary/aromatic N) is 5. The Morgan fingerprint density at radius 2 is 2.32 bits per heavy atom. The van der Waals surface area contributed by atoms with Gasteiger partial charge in [-0.15, -0.1) is 10.2 Å². The van der Waals surface area contributed by atoms with Crippen molar-refractivity contribution in [3.63, 3.8) is 0 Å². The van der Waals surface area contributed by atoms with Crippen LogP contribution < -0.4 is 5.32 Å². The van der Waals surface area contributed by atoms with Gasteiger partial charge in [0.15, 0.2) is 0 Å². The minimum atomic E-state index is 0.100. The summed E-state index contributed by atoms with van der Waals surface area (Å²) < 4.78 is 3.91. The lowest BCUT2D eigenvalue weighted by atomic mass is 10.1. The fraction of sp³-hybridized carbons (Fsp3) is 0.600. The molecule has 1 atom stereocenters. The Balaban J connectivity index is 1.52. The van der Waals surface area contributed by atoms with Gasteiger partial charge in [0.05, 0.1) is 6.20 Å². The zero-order chi connectivity index (χ0) is 15.5. The molecule has 3 heterocycles. The summed E-state index contributed by atoms with van der Waals surface area (Å²) in [7, 11) is 1.88. The van der Waals surface area contributed by atoms with E-state index in [9.17, 15) is 4.79 Å². The second-order valence-corrected chi connectivity index (χ2v) is 5.82. The van der Waals surface area contributed by atoms with E-state index in [0.717, 1.165) is 49.4 Å². The Morgan fingerprint density at radius 3 is 3.05 bits per heavy atom. The van der Waals surface area contributed by atoms with E-state index < -0.39 is 0 Å². The molecule has 0 radical (unpaired) electrons. The number of rotatable bonds is 5. The lowest BCUT2D eigenvalue weighted by molar-refractivity contribution is -0.122. The monoisotopic (exact) mass is 302 g/mol. The molecular weight excluding hydrogens is 280 g/mol. The van der Waals surface area contributed by atoms with Crippen molar-refractivity contribution >= 4 is 5.91 Å². The van der Waals surface area contributed by atoms with Gasteiger partial charge in [0, 0.05) is 45.1 Å². The second kappa shape index (κ2) is 6.29. The normalized spacial score (nSPS) is 17.3. The SMILES string of the molecule is CCc1nnc2n1CC(NC(=O)CCc1cnn(C)c1)CC2. The number of aryl methyl sites for hydroxylation is 4. The van der Waals surface area contributed by atoms with E-state index in [4.69, 9.17) is 0 Å². The van der Waals surface area contributed by atoms with Crippen LogP contribution in [0.1, 0.15) is 37.0 Å². The predicted octanol–water partition coefficient (Wildman–Crippen LogP) is 0.638. The number of fused-ring (bicyclic) bond motifs is 1. The highest BCUT2D eigenvalue weighted by atomic mass is 16.1. The van der Waals surface area contributed by atoms with Gasteiger partial charge in [0.25, 0.3) is 0 Å². The first-order valence-electron chi connectivity index (χ1n) is 7.83. The average molecular weight is 302 g/mol. The van der Waals surface area contributed by atoms with Gasteiger partial charge in [-0.25, -0.2) is 0 Å². The first kappa shape index (κ1) is 14.7. The maximum atomic E-state index is 12.1. The van der Waals surface area contributed by atoms with Gasteiger partial charge >= 0.3 is 0 Å². The molecule has 2 aromatic heterocycles. The third kappa shape index (κ3) is 3.18. The topological polar surface area (TPSA) is 77.6 Å². The smallest absolute Gasteiger partial charge is 0.220 e. The number of nitrogens with one attached hydrogen (secondary N) is 1. The molecule has 1 aliphatic heterocycles. The average Bonchev–Trinajstić information content (AvgIpc) is 3.10. The summed E-state index contributed by atoms with van der Waals surface area (Å²) in [6.45, 7) is 2.86. The summed E-state index contributed by atoms with van der Waals surface area (Å²) in [4.78, 5) is 12.1. The van der Waals surface area contributed by atoms with Crippen LogP contribution in [0.5, 0.6) is 0 Å². The molecule has 22 heavy (non-hydrogen) atoms. The lowest BCUT2D eigenvalue weighted by Crippen LogP contribution is -2.41. The number of hydrogen-bond acceptors (Lipinski definition) is 4. The maximum Gasteiger partial charge on any atom is 0.220 e. The third-order valence-electron chi connectivity index (χ3n) is 4.10. The zero-order valence-corrected chi connectivity index (χ0v) is 13.1. The van der Waals surface area contributed by atoms with Crippen molar-refractivity contribution in [1.82, 2.24) is 29.9 Å². The van der Waals surface area contributed by atoms with Gasteiger partial charge < -0.3 is 9.88 Å². The van der Waals surface area contributed by atoms with Crippen LogP contribution in [0.3, 0.4) is 0 Å². The molecule has 1 N–H and O–H groups in total. The molecule has 7 heteroatoms. The zero-order valence-electron chi connectivity index (χ0n) is 13.1. The van der Waals surface area contributed by atoms with Crippen molar-refractivity contribution in [3.8, 4) is 0 Å². The molecule has 1 amide bonds. The van der Waals surface area contributed by atoms with Gasteiger partial charge in [-0.2, -0.15) is 5.10 Å². The Bertz CT molecular complexity index is 645. The van der Waals surface area contributed by atoms with Crippen LogP contribution in [0.2, 0.25) is 0 Å². The standard InChI is InChI=1S/C15H22N6O/c1-3-13-18-19-14-6-5-12(10-21(13)14)17-15(22)7-4-11-8-16-20(2)9-11/h8-9,12H,3-7,10H2,1-2H3,(H,17,22). The number of carbonyl (C=O) groups is 1. The fourth-order valence-electron chi connectivity index (χ4n) is 2.92. The van der Waals surface area contributed by atoms with Gasteiger partial charge in [-0.3, -0.25) is 9.48 Å². The Labute approximate surface area is 129 Å². The minimum Gasteiger partial charge on any atom is -0.352 e. The summed E-state index contributed by atoms with van der Waals surface area (Å²) in [5.41, 5.74) is 1.09. The lowest BCUT2D eigenvalue weighted by Gasteiger charge is -2.25. The first-order valence-corrected chi connectivity index (χ1v) is 7.83. The molecule has 2 aromatic rings. The van der Waals surface area contributed by atoms with Gasteiger partial charge in [-0.05, 0) is 18.4 Å². The highest BCUT2D eigenvalue weighted by Gasteiger charge is 2.23. The summed E-state index contributed by atoms with van der Waals surface area (Å²) in [6, 6.07) is 0.176. The molecule has 0 aromatic carbocycles. The molecule has 0 spiro atoms. The fourth-order valence-corrected chi connectivity index (χ4v) is 2.92. The molecule has 118 valence electrons. The van der Waals surface area contributed by atoms with E-state index in [1.54, 1.807) is 4.68 Å². The number of carbonyl (C=O) groups excluding carboxylic acids is 1. The van der Waals surface area contributed by atoms with E-state index in [2.05, 4.69) is 32.1 Å². The highest BCUT2D eigenvalue weighted by molar-refractivity contribution is 5.76. The van der Waals surface area contributed by atoms with Crippen molar-refractivity contribution < 1.29 is 4.79 Å². The van der Waals surface area contributed by atoms with Gasteiger partial charge in [0.2, 0.25) is 5.91 Å². The van der Waals surface area contributed by atoms with Crippen LogP contribution in [0.4, 0.5) is 0 Å². The van der Waals surface area contributed by atoms with Crippen molar-refractivity contribution in [2.24, 2.45) is 7.05 Å². The summed E-state index contributed by atoms with van der Waals surface area (Å²) >= 11 is 0. The van der Waals surface area contributed by atoms with E-state index in [1.165, 1.54) is 0 Å². The van der Waals surface area contributed by atoms with Crippen LogP contribution in [-0.4, -0.2) is 36.5 Å². The Kier molecular flexibility index (Phi) is 4.22. The van der Waals surface area contributed by atoms with E-state index in [-0.39, 0.29) is 11.9 Å². The van der Waals surface area contributed by atoms with Crippen LogP contribution in [0.25, 0.3) is 0 Å². The van der Waals surface area contributed by atoms with E-state index in [1.807, 2.05) is 19.4 Å². The van der Waals surface area contributed by atoms with Gasteiger partial charge in [0.1, 0.15) is 11.6 Å². The highest BCUT2D eigenvalue weighted by Crippen LogP contribution is 2.15. The van der Waals surface area contributed by atoms with Crippen LogP contribution in [-0.2, 0) is 37.6 Å². The quantitative estimate of drug-likeness (QED) is 0.879. The summed E-state index contributed by atoms with van der Waals surface area (Å²) in [5.74, 6) is 2.14. The Hall–Kier alpha value is -2.18. The van der Waals surface area contributed by atoms with Crippen molar-refractivity contribution in [1.29, 1.82) is 0 Å². The Morgan fingerprint density at radius 1 is 1.45 bits per heavy atom.